The highest BCUT2D eigenvalue weighted by Gasteiger charge is 2.18. The summed E-state index contributed by atoms with van der Waals surface area (Å²) in [5, 5.41) is 9.28. The number of rotatable bonds is 6. The van der Waals surface area contributed by atoms with Gasteiger partial charge in [0, 0.05) is 11.9 Å². The Morgan fingerprint density at radius 3 is 2.55 bits per heavy atom. The van der Waals surface area contributed by atoms with E-state index in [4.69, 9.17) is 11.6 Å². The molecule has 0 aliphatic rings. The van der Waals surface area contributed by atoms with Crippen LogP contribution in [0.15, 0.2) is 48.7 Å². The lowest BCUT2D eigenvalue weighted by Gasteiger charge is -2.12. The Morgan fingerprint density at radius 2 is 1.95 bits per heavy atom. The number of nitrogens with zero attached hydrogens (tertiary/aromatic N) is 1. The minimum absolute atomic E-state index is 0.442. The van der Waals surface area contributed by atoms with Gasteiger partial charge in [-0.1, -0.05) is 48.0 Å². The van der Waals surface area contributed by atoms with Crippen LogP contribution in [0.3, 0.4) is 0 Å². The Balaban J connectivity index is 1.96. The van der Waals surface area contributed by atoms with E-state index in [1.54, 1.807) is 12.3 Å². The van der Waals surface area contributed by atoms with Crippen LogP contribution in [0.25, 0.3) is 0 Å². The summed E-state index contributed by atoms with van der Waals surface area (Å²) >= 11 is 7.12. The minimum Gasteiger partial charge on any atom is -0.480 e. The van der Waals surface area contributed by atoms with Gasteiger partial charge >= 0.3 is 5.97 Å². The Labute approximate surface area is 127 Å². The Bertz CT molecular complexity index is 560. The van der Waals surface area contributed by atoms with Crippen LogP contribution >= 0.6 is 23.4 Å². The Kier molecular flexibility index (Phi) is 5.44. The summed E-state index contributed by atoms with van der Waals surface area (Å²) in [5.41, 5.74) is 2.00. The number of aliphatic carboxylic acids is 1. The van der Waals surface area contributed by atoms with E-state index in [0.29, 0.717) is 17.3 Å². The molecule has 0 bridgehead atoms. The van der Waals surface area contributed by atoms with Crippen molar-refractivity contribution in [2.24, 2.45) is 0 Å². The molecule has 0 saturated heterocycles. The molecule has 0 aliphatic heterocycles. The molecule has 2 rings (SSSR count). The van der Waals surface area contributed by atoms with Gasteiger partial charge in [0.2, 0.25) is 0 Å². The van der Waals surface area contributed by atoms with Gasteiger partial charge in [0.05, 0.1) is 0 Å². The molecule has 1 aromatic heterocycles. The molecule has 0 spiro atoms. The molecule has 1 aromatic carbocycles. The molecular formula is C15H14ClNO2S. The topological polar surface area (TPSA) is 50.2 Å². The van der Waals surface area contributed by atoms with Gasteiger partial charge in [-0.05, 0) is 23.6 Å². The molecule has 0 saturated carbocycles. The van der Waals surface area contributed by atoms with Crippen molar-refractivity contribution >= 4 is 29.3 Å². The van der Waals surface area contributed by atoms with Crippen molar-refractivity contribution in [1.82, 2.24) is 4.98 Å². The van der Waals surface area contributed by atoms with E-state index >= 15 is 0 Å². The molecule has 0 amide bonds. The van der Waals surface area contributed by atoms with Gasteiger partial charge in [-0.25, -0.2) is 4.98 Å². The van der Waals surface area contributed by atoms with Gasteiger partial charge in [0.1, 0.15) is 10.4 Å². The average molecular weight is 308 g/mol. The Morgan fingerprint density at radius 1 is 1.20 bits per heavy atom. The van der Waals surface area contributed by atoms with Crippen LogP contribution in [-0.2, 0) is 17.0 Å². The van der Waals surface area contributed by atoms with Gasteiger partial charge < -0.3 is 5.11 Å². The number of carboxylic acids is 1. The second-order valence-corrected chi connectivity index (χ2v) is 5.90. The van der Waals surface area contributed by atoms with Crippen LogP contribution in [-0.4, -0.2) is 21.3 Å². The number of carbonyl (C=O) groups is 1. The lowest BCUT2D eigenvalue weighted by Crippen LogP contribution is -2.19. The van der Waals surface area contributed by atoms with Crippen molar-refractivity contribution in [1.29, 1.82) is 0 Å². The molecule has 104 valence electrons. The van der Waals surface area contributed by atoms with Crippen molar-refractivity contribution < 1.29 is 9.90 Å². The van der Waals surface area contributed by atoms with Crippen molar-refractivity contribution in [3.63, 3.8) is 0 Å². The standard InChI is InChI=1S/C15H14ClNO2S/c16-14-7-6-12(9-17-14)10-20-13(15(18)19)8-11-4-2-1-3-5-11/h1-7,9,13H,8,10H2,(H,18,19). The summed E-state index contributed by atoms with van der Waals surface area (Å²) in [7, 11) is 0. The van der Waals surface area contributed by atoms with Crippen LogP contribution in [0.4, 0.5) is 0 Å². The number of pyridine rings is 1. The number of benzene rings is 1. The lowest BCUT2D eigenvalue weighted by atomic mass is 10.1. The molecule has 1 atom stereocenters. The highest BCUT2D eigenvalue weighted by molar-refractivity contribution is 7.99. The summed E-state index contributed by atoms with van der Waals surface area (Å²) in [6.07, 6.45) is 2.19. The lowest BCUT2D eigenvalue weighted by molar-refractivity contribution is -0.136. The number of thioether (sulfide) groups is 1. The van der Waals surface area contributed by atoms with E-state index in [9.17, 15) is 9.90 Å². The molecule has 1 unspecified atom stereocenters. The van der Waals surface area contributed by atoms with Gasteiger partial charge in [-0.3, -0.25) is 4.79 Å². The van der Waals surface area contributed by atoms with E-state index in [2.05, 4.69) is 4.98 Å². The zero-order valence-corrected chi connectivity index (χ0v) is 12.3. The highest BCUT2D eigenvalue weighted by atomic mass is 35.5. The zero-order valence-electron chi connectivity index (χ0n) is 10.7. The number of halogens is 1. The number of hydrogen-bond donors (Lipinski definition) is 1. The second-order valence-electron chi connectivity index (χ2n) is 4.32. The third-order valence-electron chi connectivity index (χ3n) is 2.78. The third kappa shape index (κ3) is 4.54. The molecule has 1 heterocycles. The maximum Gasteiger partial charge on any atom is 0.316 e. The van der Waals surface area contributed by atoms with Gasteiger partial charge in [0.15, 0.2) is 0 Å². The average Bonchev–Trinajstić information content (AvgIpc) is 2.46. The first kappa shape index (κ1) is 14.9. The SMILES string of the molecule is O=C(O)C(Cc1ccccc1)SCc1ccc(Cl)nc1. The van der Waals surface area contributed by atoms with Crippen molar-refractivity contribution in [2.75, 3.05) is 0 Å². The fourth-order valence-electron chi connectivity index (χ4n) is 1.73. The second kappa shape index (κ2) is 7.31. The molecule has 0 radical (unpaired) electrons. The fraction of sp³-hybridized carbons (Fsp3) is 0.200. The maximum atomic E-state index is 11.3. The fourth-order valence-corrected chi connectivity index (χ4v) is 2.86. The van der Waals surface area contributed by atoms with Crippen molar-refractivity contribution in [3.8, 4) is 0 Å². The maximum absolute atomic E-state index is 11.3. The van der Waals surface area contributed by atoms with Crippen LogP contribution in [0.2, 0.25) is 5.15 Å². The van der Waals surface area contributed by atoms with Crippen LogP contribution in [0.1, 0.15) is 11.1 Å². The highest BCUT2D eigenvalue weighted by Crippen LogP contribution is 2.22. The van der Waals surface area contributed by atoms with E-state index in [0.717, 1.165) is 11.1 Å². The molecule has 20 heavy (non-hydrogen) atoms. The number of hydrogen-bond acceptors (Lipinski definition) is 3. The monoisotopic (exact) mass is 307 g/mol. The smallest absolute Gasteiger partial charge is 0.316 e. The summed E-state index contributed by atoms with van der Waals surface area (Å²) in [4.78, 5) is 15.3. The van der Waals surface area contributed by atoms with E-state index in [1.807, 2.05) is 36.4 Å². The minimum atomic E-state index is -0.791. The predicted octanol–water partition coefficient (Wildman–Crippen LogP) is 3.66. The first-order chi connectivity index (χ1) is 9.65. The largest absolute Gasteiger partial charge is 0.480 e. The van der Waals surface area contributed by atoms with Crippen LogP contribution in [0, 0.1) is 0 Å². The molecule has 0 fully saturated rings. The van der Waals surface area contributed by atoms with Crippen molar-refractivity contribution in [3.05, 3.63) is 64.9 Å². The normalized spacial score (nSPS) is 12.1. The molecular weight excluding hydrogens is 294 g/mol. The van der Waals surface area contributed by atoms with Crippen molar-refractivity contribution in [2.45, 2.75) is 17.4 Å². The van der Waals surface area contributed by atoms with E-state index in [-0.39, 0.29) is 0 Å². The summed E-state index contributed by atoms with van der Waals surface area (Å²) in [6.45, 7) is 0. The first-order valence-electron chi connectivity index (χ1n) is 6.14. The quantitative estimate of drug-likeness (QED) is 0.827. The predicted molar refractivity (Wildman–Crippen MR) is 82.1 cm³/mol. The van der Waals surface area contributed by atoms with Gasteiger partial charge in [-0.2, -0.15) is 0 Å². The van der Waals surface area contributed by atoms with Gasteiger partial charge in [0.25, 0.3) is 0 Å². The van der Waals surface area contributed by atoms with E-state index in [1.165, 1.54) is 11.8 Å². The Hall–Kier alpha value is -1.52. The van der Waals surface area contributed by atoms with Gasteiger partial charge in [-0.15, -0.1) is 11.8 Å². The number of aromatic nitrogens is 1. The first-order valence-corrected chi connectivity index (χ1v) is 7.56. The molecule has 0 aliphatic carbocycles. The van der Waals surface area contributed by atoms with Crippen LogP contribution in [0.5, 0.6) is 0 Å². The molecule has 3 nitrogen and oxygen atoms in total. The summed E-state index contributed by atoms with van der Waals surface area (Å²) in [5.74, 6) is -0.186. The number of carboxylic acid groups (broad SMARTS) is 1. The van der Waals surface area contributed by atoms with E-state index < -0.39 is 11.2 Å². The summed E-state index contributed by atoms with van der Waals surface area (Å²) < 4.78 is 0. The third-order valence-corrected chi connectivity index (χ3v) is 4.27. The van der Waals surface area contributed by atoms with Crippen LogP contribution < -0.4 is 0 Å². The molecule has 5 heteroatoms. The molecule has 2 aromatic rings. The summed E-state index contributed by atoms with van der Waals surface area (Å²) in [6, 6.07) is 13.2. The molecule has 1 N–H and O–H groups in total. The zero-order chi connectivity index (χ0) is 14.4.